The first-order valence-corrected chi connectivity index (χ1v) is 7.76. The topological polar surface area (TPSA) is 44.8 Å². The molecule has 5 nitrogen and oxygen atoms in total. The SMILES string of the molecule is O=C1NCC(CCN2CCN(c3ccccc3Cl)CC2)O1. The first kappa shape index (κ1) is 14.5. The summed E-state index contributed by atoms with van der Waals surface area (Å²) in [5, 5.41) is 3.50. The number of anilines is 1. The average Bonchev–Trinajstić information content (AvgIpc) is 2.92. The molecule has 114 valence electrons. The third-order valence-corrected chi connectivity index (χ3v) is 4.40. The molecule has 1 aromatic rings. The maximum Gasteiger partial charge on any atom is 0.407 e. The van der Waals surface area contributed by atoms with Crippen LogP contribution in [0, 0.1) is 0 Å². The van der Waals surface area contributed by atoms with E-state index in [4.69, 9.17) is 16.3 Å². The lowest BCUT2D eigenvalue weighted by Gasteiger charge is -2.36. The Morgan fingerprint density at radius 3 is 2.67 bits per heavy atom. The lowest BCUT2D eigenvalue weighted by Crippen LogP contribution is -2.47. The van der Waals surface area contributed by atoms with Gasteiger partial charge in [0.2, 0.25) is 0 Å². The van der Waals surface area contributed by atoms with Gasteiger partial charge in [-0.25, -0.2) is 4.79 Å². The molecule has 2 saturated heterocycles. The van der Waals surface area contributed by atoms with E-state index < -0.39 is 0 Å². The molecule has 6 heteroatoms. The van der Waals surface area contributed by atoms with Crippen molar-refractivity contribution in [3.63, 3.8) is 0 Å². The van der Waals surface area contributed by atoms with Gasteiger partial charge in [0, 0.05) is 32.7 Å². The molecule has 0 aromatic heterocycles. The standard InChI is InChI=1S/C15H20ClN3O2/c16-13-3-1-2-4-14(13)19-9-7-18(8-10-19)6-5-12-11-17-15(20)21-12/h1-4,12H,5-11H2,(H,17,20). The van der Waals surface area contributed by atoms with E-state index in [0.29, 0.717) is 6.54 Å². The number of nitrogens with one attached hydrogen (secondary N) is 1. The number of para-hydroxylation sites is 1. The summed E-state index contributed by atoms with van der Waals surface area (Å²) < 4.78 is 5.15. The molecule has 3 rings (SSSR count). The normalized spacial score (nSPS) is 23.0. The number of cyclic esters (lactones) is 1. The maximum atomic E-state index is 11.0. The van der Waals surface area contributed by atoms with Crippen LogP contribution in [0.5, 0.6) is 0 Å². The molecule has 1 N–H and O–H groups in total. The van der Waals surface area contributed by atoms with Crippen LogP contribution < -0.4 is 10.2 Å². The summed E-state index contributed by atoms with van der Waals surface area (Å²) in [7, 11) is 0. The molecule has 0 radical (unpaired) electrons. The second-order valence-electron chi connectivity index (χ2n) is 5.48. The van der Waals surface area contributed by atoms with E-state index in [1.165, 1.54) is 0 Å². The third-order valence-electron chi connectivity index (χ3n) is 4.08. The maximum absolute atomic E-state index is 11.0. The molecule has 2 aliphatic rings. The first-order chi connectivity index (χ1) is 10.2. The van der Waals surface area contributed by atoms with E-state index in [1.807, 2.05) is 18.2 Å². The van der Waals surface area contributed by atoms with Gasteiger partial charge in [-0.05, 0) is 18.6 Å². The second kappa shape index (κ2) is 6.54. The van der Waals surface area contributed by atoms with E-state index in [9.17, 15) is 4.79 Å². The molecule has 0 saturated carbocycles. The van der Waals surface area contributed by atoms with Crippen molar-refractivity contribution < 1.29 is 9.53 Å². The lowest BCUT2D eigenvalue weighted by atomic mass is 10.2. The van der Waals surface area contributed by atoms with Crippen LogP contribution in [-0.2, 0) is 4.74 Å². The van der Waals surface area contributed by atoms with E-state index >= 15 is 0 Å². The van der Waals surface area contributed by atoms with Gasteiger partial charge in [0.25, 0.3) is 0 Å². The van der Waals surface area contributed by atoms with E-state index in [1.54, 1.807) is 0 Å². The summed E-state index contributed by atoms with van der Waals surface area (Å²) in [6.07, 6.45) is 0.632. The quantitative estimate of drug-likeness (QED) is 0.923. The molecular formula is C15H20ClN3O2. The average molecular weight is 310 g/mol. The molecule has 1 amide bonds. The minimum Gasteiger partial charge on any atom is -0.444 e. The largest absolute Gasteiger partial charge is 0.444 e. The van der Waals surface area contributed by atoms with Crippen molar-refractivity contribution in [2.24, 2.45) is 0 Å². The third kappa shape index (κ3) is 3.60. The summed E-state index contributed by atoms with van der Waals surface area (Å²) >= 11 is 6.24. The van der Waals surface area contributed by atoms with Crippen molar-refractivity contribution in [2.45, 2.75) is 12.5 Å². The zero-order valence-corrected chi connectivity index (χ0v) is 12.7. The van der Waals surface area contributed by atoms with Crippen LogP contribution in [0.25, 0.3) is 0 Å². The molecule has 2 fully saturated rings. The van der Waals surface area contributed by atoms with Crippen molar-refractivity contribution in [1.82, 2.24) is 10.2 Å². The molecule has 1 aromatic carbocycles. The summed E-state index contributed by atoms with van der Waals surface area (Å²) in [6, 6.07) is 7.99. The predicted octanol–water partition coefficient (Wildman–Crippen LogP) is 1.96. The highest BCUT2D eigenvalue weighted by atomic mass is 35.5. The van der Waals surface area contributed by atoms with Gasteiger partial charge in [-0.3, -0.25) is 4.90 Å². The fourth-order valence-corrected chi connectivity index (χ4v) is 3.10. The van der Waals surface area contributed by atoms with Crippen molar-refractivity contribution in [3.05, 3.63) is 29.3 Å². The summed E-state index contributed by atoms with van der Waals surface area (Å²) in [5.74, 6) is 0. The van der Waals surface area contributed by atoms with E-state index in [0.717, 1.165) is 49.9 Å². The molecule has 2 heterocycles. The van der Waals surface area contributed by atoms with Crippen molar-refractivity contribution in [1.29, 1.82) is 0 Å². The number of carbonyl (C=O) groups is 1. The Labute approximate surface area is 129 Å². The zero-order chi connectivity index (χ0) is 14.7. The number of carbonyl (C=O) groups excluding carboxylic acids is 1. The smallest absolute Gasteiger partial charge is 0.407 e. The van der Waals surface area contributed by atoms with Crippen LogP contribution in [0.15, 0.2) is 24.3 Å². The number of alkyl carbamates (subject to hydrolysis) is 1. The van der Waals surface area contributed by atoms with Crippen LogP contribution in [0.4, 0.5) is 10.5 Å². The summed E-state index contributed by atoms with van der Waals surface area (Å²) in [5.41, 5.74) is 1.12. The molecule has 1 unspecified atom stereocenters. The van der Waals surface area contributed by atoms with Gasteiger partial charge < -0.3 is 15.0 Å². The molecule has 0 aliphatic carbocycles. The molecular weight excluding hydrogens is 290 g/mol. The van der Waals surface area contributed by atoms with Gasteiger partial charge in [-0.2, -0.15) is 0 Å². The minimum absolute atomic E-state index is 0.0269. The van der Waals surface area contributed by atoms with Crippen LogP contribution in [0.2, 0.25) is 5.02 Å². The molecule has 21 heavy (non-hydrogen) atoms. The van der Waals surface area contributed by atoms with Gasteiger partial charge in [-0.15, -0.1) is 0 Å². The number of amides is 1. The fourth-order valence-electron chi connectivity index (χ4n) is 2.84. The first-order valence-electron chi connectivity index (χ1n) is 7.39. The highest BCUT2D eigenvalue weighted by molar-refractivity contribution is 6.33. The van der Waals surface area contributed by atoms with Crippen LogP contribution in [0.1, 0.15) is 6.42 Å². The Hall–Kier alpha value is -1.46. The fraction of sp³-hybridized carbons (Fsp3) is 0.533. The van der Waals surface area contributed by atoms with Gasteiger partial charge in [-0.1, -0.05) is 23.7 Å². The Morgan fingerprint density at radius 1 is 1.24 bits per heavy atom. The number of ether oxygens (including phenoxy) is 1. The molecule has 0 bridgehead atoms. The van der Waals surface area contributed by atoms with E-state index in [2.05, 4.69) is 21.2 Å². The van der Waals surface area contributed by atoms with Crippen LogP contribution in [-0.4, -0.2) is 56.4 Å². The number of benzene rings is 1. The summed E-state index contributed by atoms with van der Waals surface area (Å²) in [6.45, 7) is 5.59. The lowest BCUT2D eigenvalue weighted by molar-refractivity contribution is 0.124. The number of rotatable bonds is 4. The molecule has 0 spiro atoms. The van der Waals surface area contributed by atoms with Crippen molar-refractivity contribution in [2.75, 3.05) is 44.2 Å². The predicted molar refractivity (Wildman–Crippen MR) is 83.0 cm³/mol. The van der Waals surface area contributed by atoms with Crippen LogP contribution in [0.3, 0.4) is 0 Å². The van der Waals surface area contributed by atoms with Gasteiger partial charge in [0.05, 0.1) is 17.3 Å². The summed E-state index contributed by atoms with van der Waals surface area (Å²) in [4.78, 5) is 15.7. The number of nitrogens with zero attached hydrogens (tertiary/aromatic N) is 2. The highest BCUT2D eigenvalue weighted by Crippen LogP contribution is 2.26. The second-order valence-corrected chi connectivity index (χ2v) is 5.88. The Balaban J connectivity index is 1.45. The number of hydrogen-bond donors (Lipinski definition) is 1. The Kier molecular flexibility index (Phi) is 4.51. The number of halogens is 1. The Morgan fingerprint density at radius 2 is 2.00 bits per heavy atom. The van der Waals surface area contributed by atoms with Crippen molar-refractivity contribution in [3.8, 4) is 0 Å². The Bertz CT molecular complexity index is 503. The zero-order valence-electron chi connectivity index (χ0n) is 11.9. The number of hydrogen-bond acceptors (Lipinski definition) is 4. The van der Waals surface area contributed by atoms with Gasteiger partial charge in [0.15, 0.2) is 0 Å². The number of piperazine rings is 1. The highest BCUT2D eigenvalue weighted by Gasteiger charge is 2.24. The van der Waals surface area contributed by atoms with Gasteiger partial charge >= 0.3 is 6.09 Å². The van der Waals surface area contributed by atoms with Crippen LogP contribution >= 0.6 is 11.6 Å². The minimum atomic E-state index is -0.288. The molecule has 1 atom stereocenters. The van der Waals surface area contributed by atoms with Gasteiger partial charge in [0.1, 0.15) is 6.10 Å². The molecule has 2 aliphatic heterocycles. The van der Waals surface area contributed by atoms with Crippen molar-refractivity contribution >= 4 is 23.4 Å². The van der Waals surface area contributed by atoms with E-state index in [-0.39, 0.29) is 12.2 Å². The monoisotopic (exact) mass is 309 g/mol.